The van der Waals surface area contributed by atoms with Crippen molar-refractivity contribution in [2.75, 3.05) is 26.2 Å². The second-order valence-corrected chi connectivity index (χ2v) is 3.55. The van der Waals surface area contributed by atoms with Crippen LogP contribution in [0.25, 0.3) is 0 Å². The number of nitrogens with two attached hydrogens (primary N) is 1. The Kier molecular flexibility index (Phi) is 6.30. The minimum Gasteiger partial charge on any atom is -0.375 e. The van der Waals surface area contributed by atoms with E-state index in [1.165, 1.54) is 5.56 Å². The molecule has 0 aromatic heterocycles. The van der Waals surface area contributed by atoms with Gasteiger partial charge in [-0.3, -0.25) is 0 Å². The highest BCUT2D eigenvalue weighted by Crippen LogP contribution is 2.00. The first kappa shape index (κ1) is 12.7. The standard InChI is InChI=1S/C13H20N2O/c1-2-15(9-8-14)10-11-16-12-13-6-4-3-5-7-13/h2-7H,1,8-12,14H2. The summed E-state index contributed by atoms with van der Waals surface area (Å²) >= 11 is 0. The quantitative estimate of drug-likeness (QED) is 0.676. The maximum absolute atomic E-state index is 5.57. The summed E-state index contributed by atoms with van der Waals surface area (Å²) in [5, 5.41) is 0. The molecule has 0 fully saturated rings. The molecule has 0 atom stereocenters. The summed E-state index contributed by atoms with van der Waals surface area (Å²) in [5.41, 5.74) is 6.67. The molecule has 3 heteroatoms. The zero-order chi connectivity index (χ0) is 11.6. The fourth-order valence-corrected chi connectivity index (χ4v) is 1.41. The van der Waals surface area contributed by atoms with Crippen LogP contribution in [0.4, 0.5) is 0 Å². The van der Waals surface area contributed by atoms with Crippen LogP contribution >= 0.6 is 0 Å². The Bertz CT molecular complexity index is 287. The summed E-state index contributed by atoms with van der Waals surface area (Å²) in [6, 6.07) is 10.2. The average Bonchev–Trinajstić information content (AvgIpc) is 2.34. The van der Waals surface area contributed by atoms with Crippen LogP contribution in [-0.2, 0) is 11.3 Å². The van der Waals surface area contributed by atoms with Crippen molar-refractivity contribution in [3.05, 3.63) is 48.7 Å². The molecule has 0 spiro atoms. The zero-order valence-corrected chi connectivity index (χ0v) is 9.64. The second-order valence-electron chi connectivity index (χ2n) is 3.55. The monoisotopic (exact) mass is 220 g/mol. The van der Waals surface area contributed by atoms with Gasteiger partial charge in [0.15, 0.2) is 0 Å². The molecule has 16 heavy (non-hydrogen) atoms. The lowest BCUT2D eigenvalue weighted by molar-refractivity contribution is 0.105. The summed E-state index contributed by atoms with van der Waals surface area (Å²) in [6.07, 6.45) is 1.80. The second kappa shape index (κ2) is 7.91. The van der Waals surface area contributed by atoms with Gasteiger partial charge in [0.1, 0.15) is 0 Å². The molecule has 3 nitrogen and oxygen atoms in total. The van der Waals surface area contributed by atoms with Crippen molar-refractivity contribution < 1.29 is 4.74 Å². The van der Waals surface area contributed by atoms with Crippen LogP contribution in [0.15, 0.2) is 43.1 Å². The van der Waals surface area contributed by atoms with Gasteiger partial charge in [0.05, 0.1) is 13.2 Å². The minimum absolute atomic E-state index is 0.644. The van der Waals surface area contributed by atoms with Crippen molar-refractivity contribution in [3.8, 4) is 0 Å². The van der Waals surface area contributed by atoms with Gasteiger partial charge in [-0.2, -0.15) is 0 Å². The van der Waals surface area contributed by atoms with Crippen molar-refractivity contribution in [1.29, 1.82) is 0 Å². The highest BCUT2D eigenvalue weighted by Gasteiger charge is 1.97. The summed E-state index contributed by atoms with van der Waals surface area (Å²) in [7, 11) is 0. The highest BCUT2D eigenvalue weighted by molar-refractivity contribution is 5.13. The fraction of sp³-hybridized carbons (Fsp3) is 0.385. The number of benzene rings is 1. The maximum atomic E-state index is 5.57. The first-order chi connectivity index (χ1) is 7.86. The van der Waals surface area contributed by atoms with Gasteiger partial charge in [0.25, 0.3) is 0 Å². The number of hydrogen-bond donors (Lipinski definition) is 1. The van der Waals surface area contributed by atoms with E-state index in [1.807, 2.05) is 18.2 Å². The van der Waals surface area contributed by atoms with Crippen molar-refractivity contribution in [2.24, 2.45) is 5.73 Å². The molecule has 0 bridgehead atoms. The van der Waals surface area contributed by atoms with Crippen LogP contribution < -0.4 is 5.73 Å². The Morgan fingerprint density at radius 3 is 2.62 bits per heavy atom. The molecule has 0 aliphatic rings. The van der Waals surface area contributed by atoms with Gasteiger partial charge in [-0.15, -0.1) is 0 Å². The Morgan fingerprint density at radius 2 is 2.00 bits per heavy atom. The molecule has 1 aromatic carbocycles. The Balaban J connectivity index is 2.14. The third-order valence-electron chi connectivity index (χ3n) is 2.31. The lowest BCUT2D eigenvalue weighted by atomic mass is 10.2. The third-order valence-corrected chi connectivity index (χ3v) is 2.31. The van der Waals surface area contributed by atoms with E-state index in [-0.39, 0.29) is 0 Å². The molecule has 0 amide bonds. The van der Waals surface area contributed by atoms with Crippen molar-refractivity contribution in [1.82, 2.24) is 4.90 Å². The average molecular weight is 220 g/mol. The van der Waals surface area contributed by atoms with Crippen molar-refractivity contribution in [2.45, 2.75) is 6.61 Å². The number of ether oxygens (including phenoxy) is 1. The van der Waals surface area contributed by atoms with E-state index in [0.29, 0.717) is 19.8 Å². The molecule has 0 saturated carbocycles. The van der Waals surface area contributed by atoms with Gasteiger partial charge in [0, 0.05) is 19.6 Å². The van der Waals surface area contributed by atoms with Crippen LogP contribution in [0.5, 0.6) is 0 Å². The normalized spacial score (nSPS) is 10.1. The van der Waals surface area contributed by atoms with Crippen LogP contribution in [-0.4, -0.2) is 31.1 Å². The molecule has 0 radical (unpaired) electrons. The van der Waals surface area contributed by atoms with E-state index in [1.54, 1.807) is 6.20 Å². The van der Waals surface area contributed by atoms with Gasteiger partial charge in [0.2, 0.25) is 0 Å². The Labute approximate surface area is 97.5 Å². The molecule has 1 rings (SSSR count). The Morgan fingerprint density at radius 1 is 1.25 bits per heavy atom. The molecule has 0 aliphatic carbocycles. The highest BCUT2D eigenvalue weighted by atomic mass is 16.5. The van der Waals surface area contributed by atoms with Crippen LogP contribution in [0.2, 0.25) is 0 Å². The van der Waals surface area contributed by atoms with Crippen molar-refractivity contribution in [3.63, 3.8) is 0 Å². The van der Waals surface area contributed by atoms with E-state index in [2.05, 4.69) is 23.6 Å². The van der Waals surface area contributed by atoms with Gasteiger partial charge in [-0.05, 0) is 11.8 Å². The van der Waals surface area contributed by atoms with Gasteiger partial charge in [-0.25, -0.2) is 0 Å². The third kappa shape index (κ3) is 4.96. The lowest BCUT2D eigenvalue weighted by Crippen LogP contribution is -2.27. The lowest BCUT2D eigenvalue weighted by Gasteiger charge is -2.18. The SMILES string of the molecule is C=CN(CCN)CCOCc1ccccc1. The Hall–Kier alpha value is -1.32. The van der Waals surface area contributed by atoms with E-state index < -0.39 is 0 Å². The molecule has 2 N–H and O–H groups in total. The molecule has 0 heterocycles. The number of nitrogens with zero attached hydrogens (tertiary/aromatic N) is 1. The minimum atomic E-state index is 0.644. The van der Waals surface area contributed by atoms with Crippen LogP contribution in [0.1, 0.15) is 5.56 Å². The predicted octanol–water partition coefficient (Wildman–Crippen LogP) is 1.61. The van der Waals surface area contributed by atoms with Crippen molar-refractivity contribution >= 4 is 0 Å². The zero-order valence-electron chi connectivity index (χ0n) is 9.64. The first-order valence-electron chi connectivity index (χ1n) is 5.55. The van der Waals surface area contributed by atoms with Gasteiger partial charge >= 0.3 is 0 Å². The molecule has 0 saturated heterocycles. The molecule has 88 valence electrons. The number of rotatable bonds is 8. The summed E-state index contributed by atoms with van der Waals surface area (Å²) in [6.45, 7) is 7.40. The first-order valence-corrected chi connectivity index (χ1v) is 5.55. The molecule has 0 aliphatic heterocycles. The molecule has 0 unspecified atom stereocenters. The summed E-state index contributed by atoms with van der Waals surface area (Å²) < 4.78 is 5.57. The van der Waals surface area contributed by atoms with Crippen LogP contribution in [0, 0.1) is 0 Å². The van der Waals surface area contributed by atoms with Gasteiger partial charge in [-0.1, -0.05) is 36.9 Å². The van der Waals surface area contributed by atoms with E-state index in [4.69, 9.17) is 10.5 Å². The van der Waals surface area contributed by atoms with E-state index in [9.17, 15) is 0 Å². The molecular formula is C13H20N2O. The van der Waals surface area contributed by atoms with E-state index >= 15 is 0 Å². The number of hydrogen-bond acceptors (Lipinski definition) is 3. The summed E-state index contributed by atoms with van der Waals surface area (Å²) in [4.78, 5) is 2.06. The fourth-order valence-electron chi connectivity index (χ4n) is 1.41. The smallest absolute Gasteiger partial charge is 0.0717 e. The van der Waals surface area contributed by atoms with Gasteiger partial charge < -0.3 is 15.4 Å². The topological polar surface area (TPSA) is 38.5 Å². The van der Waals surface area contributed by atoms with E-state index in [0.717, 1.165) is 13.1 Å². The van der Waals surface area contributed by atoms with Crippen LogP contribution in [0.3, 0.4) is 0 Å². The largest absolute Gasteiger partial charge is 0.375 e. The predicted molar refractivity (Wildman–Crippen MR) is 66.9 cm³/mol. The maximum Gasteiger partial charge on any atom is 0.0717 e. The molecule has 1 aromatic rings. The molecular weight excluding hydrogens is 200 g/mol. The summed E-state index contributed by atoms with van der Waals surface area (Å²) in [5.74, 6) is 0.